The molecular weight excluding hydrogens is 482 g/mol. The van der Waals surface area contributed by atoms with Crippen LogP contribution in [0.5, 0.6) is 0 Å². The molecule has 0 aliphatic heterocycles. The van der Waals surface area contributed by atoms with Crippen LogP contribution in [0.15, 0.2) is 24.3 Å². The third-order valence-corrected chi connectivity index (χ3v) is 6.13. The fraction of sp³-hybridized carbons (Fsp3) is 0.500. The lowest BCUT2D eigenvalue weighted by Crippen LogP contribution is -2.26. The number of nitrogens with one attached hydrogen (secondary N) is 1. The van der Waals surface area contributed by atoms with Crippen LogP contribution < -0.4 is 5.32 Å². The van der Waals surface area contributed by atoms with Crippen LogP contribution in [0.2, 0.25) is 0 Å². The molecule has 21 heavy (non-hydrogen) atoms. The second-order valence-corrected chi connectivity index (χ2v) is 9.37. The van der Waals surface area contributed by atoms with Crippen LogP contribution in [0.1, 0.15) is 44.0 Å². The number of nitrogens with zero attached hydrogens (tertiary/aromatic N) is 2. The summed E-state index contributed by atoms with van der Waals surface area (Å²) in [6.07, 6.45) is 4.05. The lowest BCUT2D eigenvalue weighted by atomic mass is 10.1. The molecule has 7 heteroatoms. The molecule has 0 spiro atoms. The number of aryl methyl sites for hydroxylation is 1. The van der Waals surface area contributed by atoms with E-state index >= 15 is 0 Å². The van der Waals surface area contributed by atoms with Gasteiger partial charge < -0.3 is 5.32 Å². The summed E-state index contributed by atoms with van der Waals surface area (Å²) < 4.78 is 5.43. The van der Waals surface area contributed by atoms with Gasteiger partial charge in [0.15, 0.2) is 0 Å². The van der Waals surface area contributed by atoms with Crippen molar-refractivity contribution in [3.8, 4) is 0 Å². The average molecular weight is 500 g/mol. The Bertz CT molecular complexity index is 594. The Morgan fingerprint density at radius 1 is 1.29 bits per heavy atom. The highest BCUT2D eigenvalue weighted by molar-refractivity contribution is 9.12. The van der Waals surface area contributed by atoms with Gasteiger partial charge in [-0.05, 0) is 73.2 Å². The minimum atomic E-state index is 0.130. The molecule has 0 radical (unpaired) electrons. The normalized spacial score (nSPS) is 12.8. The first-order chi connectivity index (χ1) is 10.1. The van der Waals surface area contributed by atoms with Crippen molar-refractivity contribution >= 4 is 59.1 Å². The molecule has 1 unspecified atom stereocenters. The Labute approximate surface area is 154 Å². The smallest absolute Gasteiger partial charge is 0.0779 e. The van der Waals surface area contributed by atoms with Gasteiger partial charge in [0.25, 0.3) is 0 Å². The van der Waals surface area contributed by atoms with Gasteiger partial charge in [-0.15, -0.1) is 11.3 Å². The summed E-state index contributed by atoms with van der Waals surface area (Å²) in [5, 5.41) is 8.15. The maximum atomic E-state index is 4.50. The molecule has 2 heterocycles. The number of hydrogen-bond donors (Lipinski definition) is 1. The van der Waals surface area contributed by atoms with Crippen LogP contribution in [0, 0.1) is 0 Å². The van der Waals surface area contributed by atoms with E-state index in [9.17, 15) is 0 Å². The summed E-state index contributed by atoms with van der Waals surface area (Å²) in [6.45, 7) is 6.24. The molecule has 0 saturated heterocycles. The van der Waals surface area contributed by atoms with Crippen LogP contribution in [-0.2, 0) is 6.54 Å². The van der Waals surface area contributed by atoms with Crippen LogP contribution >= 0.6 is 59.1 Å². The van der Waals surface area contributed by atoms with E-state index in [2.05, 4.69) is 82.8 Å². The van der Waals surface area contributed by atoms with Crippen LogP contribution in [0.4, 0.5) is 0 Å². The highest BCUT2D eigenvalue weighted by Crippen LogP contribution is 2.39. The van der Waals surface area contributed by atoms with Crippen molar-refractivity contribution < 1.29 is 0 Å². The third-order valence-electron chi connectivity index (χ3n) is 3.13. The van der Waals surface area contributed by atoms with Crippen molar-refractivity contribution in [1.29, 1.82) is 0 Å². The Morgan fingerprint density at radius 3 is 2.62 bits per heavy atom. The van der Waals surface area contributed by atoms with Gasteiger partial charge in [0.05, 0.1) is 30.0 Å². The summed E-state index contributed by atoms with van der Waals surface area (Å²) in [7, 11) is 0. The molecule has 3 nitrogen and oxygen atoms in total. The lowest BCUT2D eigenvalue weighted by molar-refractivity contribution is 0.510. The topological polar surface area (TPSA) is 29.9 Å². The van der Waals surface area contributed by atoms with E-state index < -0.39 is 0 Å². The molecule has 0 amide bonds. The van der Waals surface area contributed by atoms with Crippen LogP contribution in [0.3, 0.4) is 0 Å². The minimum absolute atomic E-state index is 0.130. The lowest BCUT2D eigenvalue weighted by Gasteiger charge is -2.20. The van der Waals surface area contributed by atoms with E-state index in [0.717, 1.165) is 38.0 Å². The molecule has 0 bridgehead atoms. The number of halogens is 3. The van der Waals surface area contributed by atoms with E-state index in [1.807, 2.05) is 6.20 Å². The van der Waals surface area contributed by atoms with Crippen molar-refractivity contribution in [2.45, 2.75) is 39.3 Å². The zero-order chi connectivity index (χ0) is 15.4. The van der Waals surface area contributed by atoms with Gasteiger partial charge in [-0.1, -0.05) is 13.8 Å². The number of aromatic nitrogens is 2. The fourth-order valence-electron chi connectivity index (χ4n) is 2.24. The van der Waals surface area contributed by atoms with Crippen molar-refractivity contribution in [2.75, 3.05) is 6.54 Å². The van der Waals surface area contributed by atoms with Gasteiger partial charge in [0.1, 0.15) is 0 Å². The zero-order valence-electron chi connectivity index (χ0n) is 12.0. The molecule has 0 aliphatic carbocycles. The molecule has 0 aromatic carbocycles. The minimum Gasteiger partial charge on any atom is -0.305 e. The largest absolute Gasteiger partial charge is 0.305 e. The maximum Gasteiger partial charge on any atom is 0.0779 e. The SMILES string of the molecule is CCCNC(c1cc(Br)sc1Br)c1c(Br)cnn1CCC. The van der Waals surface area contributed by atoms with Gasteiger partial charge in [0.2, 0.25) is 0 Å². The van der Waals surface area contributed by atoms with Gasteiger partial charge >= 0.3 is 0 Å². The number of thiophene rings is 1. The quantitative estimate of drug-likeness (QED) is 0.527. The van der Waals surface area contributed by atoms with Crippen molar-refractivity contribution in [2.24, 2.45) is 0 Å². The van der Waals surface area contributed by atoms with Crippen LogP contribution in [-0.4, -0.2) is 16.3 Å². The van der Waals surface area contributed by atoms with Gasteiger partial charge in [-0.3, -0.25) is 4.68 Å². The molecular formula is C14H18Br3N3S. The summed E-state index contributed by atoms with van der Waals surface area (Å²) in [4.78, 5) is 0. The van der Waals surface area contributed by atoms with Gasteiger partial charge in [-0.25, -0.2) is 0 Å². The predicted octanol–water partition coefficient (Wildman–Crippen LogP) is 5.73. The fourth-order valence-corrected chi connectivity index (χ4v) is 5.67. The third kappa shape index (κ3) is 4.19. The molecule has 116 valence electrons. The van der Waals surface area contributed by atoms with E-state index in [4.69, 9.17) is 0 Å². The Balaban J connectivity index is 2.45. The van der Waals surface area contributed by atoms with E-state index in [-0.39, 0.29) is 6.04 Å². The summed E-state index contributed by atoms with van der Waals surface area (Å²) in [5.74, 6) is 0. The second-order valence-electron chi connectivity index (χ2n) is 4.77. The molecule has 0 fully saturated rings. The van der Waals surface area contributed by atoms with E-state index in [1.54, 1.807) is 11.3 Å². The van der Waals surface area contributed by atoms with Crippen molar-refractivity contribution in [3.05, 3.63) is 35.6 Å². The highest BCUT2D eigenvalue weighted by atomic mass is 79.9. The standard InChI is InChI=1S/C14H18Br3N3S/c1-3-5-18-12(9-7-11(16)21-14(9)17)13-10(15)8-19-20(13)6-4-2/h7-8,12,18H,3-6H2,1-2H3. The zero-order valence-corrected chi connectivity index (χ0v) is 17.6. The maximum absolute atomic E-state index is 4.50. The molecule has 2 aromatic heterocycles. The molecule has 1 atom stereocenters. The highest BCUT2D eigenvalue weighted by Gasteiger charge is 2.24. The second kappa shape index (κ2) is 8.24. The molecule has 2 aromatic rings. The Hall–Kier alpha value is 0.310. The molecule has 0 saturated carbocycles. The predicted molar refractivity (Wildman–Crippen MR) is 100 cm³/mol. The molecule has 0 aliphatic rings. The van der Waals surface area contributed by atoms with Crippen LogP contribution in [0.25, 0.3) is 0 Å². The summed E-state index contributed by atoms with van der Waals surface area (Å²) >= 11 is 12.6. The Morgan fingerprint density at radius 2 is 2.05 bits per heavy atom. The van der Waals surface area contributed by atoms with Crippen molar-refractivity contribution in [3.63, 3.8) is 0 Å². The monoisotopic (exact) mass is 497 g/mol. The molecule has 2 rings (SSSR count). The first kappa shape index (κ1) is 17.7. The van der Waals surface area contributed by atoms with Gasteiger partial charge in [-0.2, -0.15) is 5.10 Å². The average Bonchev–Trinajstić information content (AvgIpc) is 2.96. The summed E-state index contributed by atoms with van der Waals surface area (Å²) in [5.41, 5.74) is 2.44. The number of hydrogen-bond acceptors (Lipinski definition) is 3. The first-order valence-electron chi connectivity index (χ1n) is 6.97. The molecule has 1 N–H and O–H groups in total. The van der Waals surface area contributed by atoms with Gasteiger partial charge in [0, 0.05) is 12.1 Å². The van der Waals surface area contributed by atoms with E-state index in [0.29, 0.717) is 0 Å². The first-order valence-corrected chi connectivity index (χ1v) is 10.2. The van der Waals surface area contributed by atoms with Crippen molar-refractivity contribution in [1.82, 2.24) is 15.1 Å². The Kier molecular flexibility index (Phi) is 6.93. The van der Waals surface area contributed by atoms with E-state index in [1.165, 1.54) is 11.3 Å². The number of rotatable bonds is 7. The summed E-state index contributed by atoms with van der Waals surface area (Å²) in [6, 6.07) is 2.31.